The van der Waals surface area contributed by atoms with Crippen LogP contribution in [0.25, 0.3) is 10.8 Å². The summed E-state index contributed by atoms with van der Waals surface area (Å²) in [4.78, 5) is 18.9. The molecule has 3 rings (SSSR count). The van der Waals surface area contributed by atoms with Crippen LogP contribution in [0.4, 0.5) is 11.5 Å². The summed E-state index contributed by atoms with van der Waals surface area (Å²) in [5, 5.41) is 16.3. The van der Waals surface area contributed by atoms with E-state index in [2.05, 4.69) is 15.3 Å². The number of ether oxygens (including phenoxy) is 1. The third-order valence-corrected chi connectivity index (χ3v) is 3.35. The summed E-state index contributed by atoms with van der Waals surface area (Å²) in [6.07, 6.45) is 1.25. The fourth-order valence-corrected chi connectivity index (χ4v) is 2.37. The smallest absolute Gasteiger partial charge is 0.373 e. The van der Waals surface area contributed by atoms with Gasteiger partial charge in [-0.2, -0.15) is 4.98 Å². The molecule has 7 heteroatoms. The number of hydrogen-bond donors (Lipinski definition) is 1. The van der Waals surface area contributed by atoms with Gasteiger partial charge < -0.3 is 10.1 Å². The maximum Gasteiger partial charge on any atom is 0.373 e. The first-order chi connectivity index (χ1) is 11.6. The molecule has 0 atom stereocenters. The van der Waals surface area contributed by atoms with Gasteiger partial charge in [-0.15, -0.1) is 0 Å². The summed E-state index contributed by atoms with van der Waals surface area (Å²) in [6.45, 7) is 3.74. The Morgan fingerprint density at radius 2 is 1.88 bits per heavy atom. The second-order valence-corrected chi connectivity index (χ2v) is 5.51. The van der Waals surface area contributed by atoms with Crippen molar-refractivity contribution in [1.29, 1.82) is 0 Å². The highest BCUT2D eigenvalue weighted by atomic mass is 16.6. The topological polar surface area (TPSA) is 90.2 Å². The van der Waals surface area contributed by atoms with Crippen LogP contribution in [-0.2, 0) is 0 Å². The van der Waals surface area contributed by atoms with E-state index >= 15 is 0 Å². The Bertz CT molecular complexity index is 891. The highest BCUT2D eigenvalue weighted by Gasteiger charge is 2.25. The van der Waals surface area contributed by atoms with Crippen molar-refractivity contribution in [2.24, 2.45) is 0 Å². The van der Waals surface area contributed by atoms with Crippen molar-refractivity contribution in [2.45, 2.75) is 19.9 Å². The van der Waals surface area contributed by atoms with Gasteiger partial charge in [0.2, 0.25) is 5.82 Å². The third-order valence-electron chi connectivity index (χ3n) is 3.35. The molecule has 1 heterocycles. The molecule has 0 unspecified atom stereocenters. The molecule has 24 heavy (non-hydrogen) atoms. The molecule has 0 aliphatic rings. The Morgan fingerprint density at radius 1 is 1.12 bits per heavy atom. The lowest BCUT2D eigenvalue weighted by Gasteiger charge is -2.12. The van der Waals surface area contributed by atoms with Gasteiger partial charge in [0.25, 0.3) is 0 Å². The number of nitro groups is 1. The number of fused-ring (bicyclic) bond motifs is 1. The summed E-state index contributed by atoms with van der Waals surface area (Å²) in [7, 11) is 0. The molecule has 1 aromatic heterocycles. The Morgan fingerprint density at radius 3 is 2.62 bits per heavy atom. The molecular weight excluding hydrogens is 308 g/mol. The lowest BCUT2D eigenvalue weighted by Crippen LogP contribution is -2.13. The van der Waals surface area contributed by atoms with Crippen LogP contribution in [0.2, 0.25) is 0 Å². The minimum atomic E-state index is -0.537. The quantitative estimate of drug-likeness (QED) is 0.560. The second kappa shape index (κ2) is 6.49. The van der Waals surface area contributed by atoms with Crippen molar-refractivity contribution in [3.05, 3.63) is 58.9 Å². The van der Waals surface area contributed by atoms with E-state index in [9.17, 15) is 10.1 Å². The van der Waals surface area contributed by atoms with Crippen LogP contribution >= 0.6 is 0 Å². The molecule has 0 saturated carbocycles. The Balaban J connectivity index is 2.07. The molecule has 2 aromatic carbocycles. The second-order valence-electron chi connectivity index (χ2n) is 5.51. The summed E-state index contributed by atoms with van der Waals surface area (Å²) < 4.78 is 5.77. The van der Waals surface area contributed by atoms with E-state index in [1.165, 1.54) is 6.33 Å². The first-order valence-electron chi connectivity index (χ1n) is 7.48. The van der Waals surface area contributed by atoms with Crippen LogP contribution in [0.3, 0.4) is 0 Å². The number of rotatable bonds is 5. The first-order valence-corrected chi connectivity index (χ1v) is 7.48. The van der Waals surface area contributed by atoms with Gasteiger partial charge in [-0.3, -0.25) is 10.1 Å². The molecule has 0 amide bonds. The molecule has 0 radical (unpaired) electrons. The van der Waals surface area contributed by atoms with Crippen molar-refractivity contribution >= 4 is 22.3 Å². The molecule has 0 bridgehead atoms. The minimum absolute atomic E-state index is 0.0102. The van der Waals surface area contributed by atoms with Crippen LogP contribution in [-0.4, -0.2) is 20.9 Å². The van der Waals surface area contributed by atoms with Gasteiger partial charge >= 0.3 is 11.6 Å². The van der Waals surface area contributed by atoms with E-state index in [1.807, 2.05) is 50.2 Å². The number of aromatic nitrogens is 2. The zero-order valence-corrected chi connectivity index (χ0v) is 13.3. The van der Waals surface area contributed by atoms with Crippen LogP contribution < -0.4 is 10.1 Å². The van der Waals surface area contributed by atoms with Crippen molar-refractivity contribution in [3.63, 3.8) is 0 Å². The number of anilines is 1. The maximum absolute atomic E-state index is 11.5. The van der Waals surface area contributed by atoms with Gasteiger partial charge in [0.05, 0.1) is 4.92 Å². The summed E-state index contributed by atoms with van der Waals surface area (Å²) in [5.74, 6) is 0.556. The average molecular weight is 324 g/mol. The number of benzene rings is 2. The third kappa shape index (κ3) is 3.10. The number of hydrogen-bond acceptors (Lipinski definition) is 6. The highest BCUT2D eigenvalue weighted by molar-refractivity contribution is 5.88. The fourth-order valence-electron chi connectivity index (χ4n) is 2.37. The van der Waals surface area contributed by atoms with E-state index in [0.717, 1.165) is 10.8 Å². The van der Waals surface area contributed by atoms with Gasteiger partial charge in [0.1, 0.15) is 12.1 Å². The van der Waals surface area contributed by atoms with Gasteiger partial charge in [-0.25, -0.2) is 4.98 Å². The van der Waals surface area contributed by atoms with Crippen LogP contribution in [0.1, 0.15) is 13.8 Å². The Kier molecular flexibility index (Phi) is 4.24. The van der Waals surface area contributed by atoms with Gasteiger partial charge in [-0.05, 0) is 25.3 Å². The fraction of sp³-hybridized carbons (Fsp3) is 0.176. The van der Waals surface area contributed by atoms with Crippen molar-refractivity contribution < 1.29 is 9.66 Å². The number of nitrogens with one attached hydrogen (secondary N) is 1. The summed E-state index contributed by atoms with van der Waals surface area (Å²) in [5.41, 5.74) is -0.279. The van der Waals surface area contributed by atoms with E-state index in [0.29, 0.717) is 5.75 Å². The van der Waals surface area contributed by atoms with Crippen LogP contribution in [0, 0.1) is 10.1 Å². The van der Waals surface area contributed by atoms with E-state index in [-0.39, 0.29) is 23.4 Å². The molecule has 0 aliphatic heterocycles. The molecule has 7 nitrogen and oxygen atoms in total. The average Bonchev–Trinajstić information content (AvgIpc) is 2.54. The highest BCUT2D eigenvalue weighted by Crippen LogP contribution is 2.36. The largest absolute Gasteiger partial charge is 0.433 e. The van der Waals surface area contributed by atoms with Crippen molar-refractivity contribution in [2.75, 3.05) is 5.32 Å². The zero-order chi connectivity index (χ0) is 17.1. The standard InChI is InChI=1S/C17H16N4O3/c1-11(2)20-16-15(21(22)23)17(19-10-18-16)24-14-9-5-7-12-6-3-4-8-13(12)14/h3-11H,1-2H3,(H,18,19,20). The predicted molar refractivity (Wildman–Crippen MR) is 91.5 cm³/mol. The van der Waals surface area contributed by atoms with Crippen LogP contribution in [0.15, 0.2) is 48.8 Å². The van der Waals surface area contributed by atoms with E-state index in [4.69, 9.17) is 4.74 Å². The summed E-state index contributed by atoms with van der Waals surface area (Å²) >= 11 is 0. The predicted octanol–water partition coefficient (Wildman–Crippen LogP) is 4.15. The zero-order valence-electron chi connectivity index (χ0n) is 13.3. The molecule has 1 N–H and O–H groups in total. The molecular formula is C17H16N4O3. The number of nitrogens with zero attached hydrogens (tertiary/aromatic N) is 3. The normalized spacial score (nSPS) is 10.8. The van der Waals surface area contributed by atoms with Gasteiger partial charge in [-0.1, -0.05) is 36.4 Å². The molecule has 122 valence electrons. The first kappa shape index (κ1) is 15.7. The molecule has 0 fully saturated rings. The van der Waals surface area contributed by atoms with Crippen molar-refractivity contribution in [3.8, 4) is 11.6 Å². The van der Waals surface area contributed by atoms with Gasteiger partial charge in [0.15, 0.2) is 0 Å². The Labute approximate surface area is 138 Å². The molecule has 3 aromatic rings. The van der Waals surface area contributed by atoms with Crippen molar-refractivity contribution in [1.82, 2.24) is 9.97 Å². The van der Waals surface area contributed by atoms with Gasteiger partial charge in [0, 0.05) is 11.4 Å². The van der Waals surface area contributed by atoms with E-state index < -0.39 is 4.92 Å². The van der Waals surface area contributed by atoms with Crippen LogP contribution in [0.5, 0.6) is 11.6 Å². The summed E-state index contributed by atoms with van der Waals surface area (Å²) in [6, 6.07) is 13.2. The molecule has 0 spiro atoms. The molecule has 0 aliphatic carbocycles. The maximum atomic E-state index is 11.5. The Hall–Kier alpha value is -3.22. The van der Waals surface area contributed by atoms with E-state index in [1.54, 1.807) is 6.07 Å². The SMILES string of the molecule is CC(C)Nc1ncnc(Oc2cccc3ccccc23)c1[N+](=O)[O-]. The molecule has 0 saturated heterocycles. The lowest BCUT2D eigenvalue weighted by molar-refractivity contribution is -0.385. The monoisotopic (exact) mass is 324 g/mol. The lowest BCUT2D eigenvalue weighted by atomic mass is 10.1. The minimum Gasteiger partial charge on any atom is -0.433 e.